The fourth-order valence-electron chi connectivity index (χ4n) is 2.28. The molecule has 0 spiro atoms. The zero-order chi connectivity index (χ0) is 12.8. The van der Waals surface area contributed by atoms with Crippen LogP contribution in [0.25, 0.3) is 0 Å². The van der Waals surface area contributed by atoms with E-state index >= 15 is 0 Å². The third kappa shape index (κ3) is 3.47. The van der Waals surface area contributed by atoms with Gasteiger partial charge in [-0.2, -0.15) is 0 Å². The van der Waals surface area contributed by atoms with Gasteiger partial charge in [0.15, 0.2) is 0 Å². The molecule has 0 saturated carbocycles. The van der Waals surface area contributed by atoms with E-state index in [1.165, 1.54) is 19.3 Å². The average Bonchev–Trinajstić information content (AvgIpc) is 2.40. The average molecular weight is 247 g/mol. The summed E-state index contributed by atoms with van der Waals surface area (Å²) in [5.74, 6) is -0.910. The van der Waals surface area contributed by atoms with Gasteiger partial charge in [0.25, 0.3) is 0 Å². The molecule has 4 heteroatoms. The highest BCUT2D eigenvalue weighted by Gasteiger charge is 2.11. The lowest BCUT2D eigenvalue weighted by molar-refractivity contribution is 0.0698. The fraction of sp³-hybridized carbons (Fsp3) is 0.500. The van der Waals surface area contributed by atoms with Crippen molar-refractivity contribution in [1.82, 2.24) is 4.90 Å². The molecule has 4 nitrogen and oxygen atoms in total. The van der Waals surface area contributed by atoms with Gasteiger partial charge in [-0.1, -0.05) is 18.6 Å². The third-order valence-corrected chi connectivity index (χ3v) is 3.27. The van der Waals surface area contributed by atoms with Gasteiger partial charge in [-0.3, -0.25) is 0 Å². The number of carboxylic acid groups (broad SMARTS) is 1. The summed E-state index contributed by atoms with van der Waals surface area (Å²) in [6.45, 7) is 4.04. The molecule has 97 valence electrons. The second-order valence-corrected chi connectivity index (χ2v) is 4.59. The number of para-hydroxylation sites is 1. The standard InChI is InChI=1S/C14H19N2O2/c17-14(18)12-6-2-3-7-13(12)15-8-11-16-9-4-1-5-10-16/h2-3,6,15H,1,4-5,8-11H2,(H,17,18). The van der Waals surface area contributed by atoms with Crippen LogP contribution in [0.15, 0.2) is 18.2 Å². The van der Waals surface area contributed by atoms with Crippen LogP contribution < -0.4 is 5.32 Å². The van der Waals surface area contributed by atoms with Crippen LogP contribution in [0.3, 0.4) is 0 Å². The molecule has 1 saturated heterocycles. The van der Waals surface area contributed by atoms with Crippen LogP contribution in [0.4, 0.5) is 5.69 Å². The van der Waals surface area contributed by atoms with Crippen LogP contribution >= 0.6 is 0 Å². The van der Waals surface area contributed by atoms with Crippen molar-refractivity contribution < 1.29 is 9.90 Å². The third-order valence-electron chi connectivity index (χ3n) is 3.27. The lowest BCUT2D eigenvalue weighted by Crippen LogP contribution is -2.33. The molecule has 0 unspecified atom stereocenters. The fourth-order valence-corrected chi connectivity index (χ4v) is 2.28. The summed E-state index contributed by atoms with van der Waals surface area (Å²) in [6, 6.07) is 7.97. The summed E-state index contributed by atoms with van der Waals surface area (Å²) in [5.41, 5.74) is 0.873. The Morgan fingerprint density at radius 1 is 1.39 bits per heavy atom. The number of carbonyl (C=O) groups is 1. The zero-order valence-electron chi connectivity index (χ0n) is 10.5. The Morgan fingerprint density at radius 3 is 2.89 bits per heavy atom. The van der Waals surface area contributed by atoms with Crippen molar-refractivity contribution in [3.63, 3.8) is 0 Å². The first-order chi connectivity index (χ1) is 8.77. The van der Waals surface area contributed by atoms with Gasteiger partial charge in [-0.25, -0.2) is 4.79 Å². The Bertz CT molecular complexity index is 401. The van der Waals surface area contributed by atoms with E-state index in [9.17, 15) is 4.79 Å². The summed E-state index contributed by atoms with van der Waals surface area (Å²) >= 11 is 0. The maximum absolute atomic E-state index is 11.0. The van der Waals surface area contributed by atoms with Crippen LogP contribution in [0.2, 0.25) is 0 Å². The molecule has 0 atom stereocenters. The van der Waals surface area contributed by atoms with E-state index in [-0.39, 0.29) is 5.56 Å². The lowest BCUT2D eigenvalue weighted by atomic mass is 10.1. The molecule has 1 fully saturated rings. The minimum atomic E-state index is -0.910. The number of aromatic carboxylic acids is 1. The van der Waals surface area contributed by atoms with E-state index in [0.717, 1.165) is 26.2 Å². The highest BCUT2D eigenvalue weighted by molar-refractivity contribution is 5.93. The van der Waals surface area contributed by atoms with Gasteiger partial charge in [0, 0.05) is 19.2 Å². The highest BCUT2D eigenvalue weighted by Crippen LogP contribution is 2.14. The van der Waals surface area contributed by atoms with Gasteiger partial charge in [0.1, 0.15) is 0 Å². The van der Waals surface area contributed by atoms with Crippen molar-refractivity contribution in [3.8, 4) is 0 Å². The number of hydrogen-bond donors (Lipinski definition) is 2. The smallest absolute Gasteiger partial charge is 0.337 e. The quantitative estimate of drug-likeness (QED) is 0.836. The minimum absolute atomic E-state index is 0.288. The van der Waals surface area contributed by atoms with Crippen molar-refractivity contribution in [2.75, 3.05) is 31.5 Å². The number of rotatable bonds is 5. The SMILES string of the molecule is O=C(O)c1ccc[c]c1NCCN1CCCCC1. The molecule has 1 heterocycles. The molecular weight excluding hydrogens is 228 g/mol. The number of nitrogens with one attached hydrogen (secondary N) is 1. The Morgan fingerprint density at radius 2 is 2.17 bits per heavy atom. The summed E-state index contributed by atoms with van der Waals surface area (Å²) in [7, 11) is 0. The van der Waals surface area contributed by atoms with Crippen molar-refractivity contribution in [1.29, 1.82) is 0 Å². The van der Waals surface area contributed by atoms with Crippen LogP contribution in [-0.4, -0.2) is 42.2 Å². The monoisotopic (exact) mass is 247 g/mol. The normalized spacial score (nSPS) is 16.4. The highest BCUT2D eigenvalue weighted by atomic mass is 16.4. The van der Waals surface area contributed by atoms with Crippen LogP contribution in [0, 0.1) is 6.07 Å². The second-order valence-electron chi connectivity index (χ2n) is 4.59. The molecule has 2 rings (SSSR count). The summed E-state index contributed by atoms with van der Waals surface area (Å²) in [6.07, 6.45) is 3.88. The van der Waals surface area contributed by atoms with Crippen molar-refractivity contribution in [3.05, 3.63) is 29.8 Å². The van der Waals surface area contributed by atoms with Gasteiger partial charge in [-0.05, 0) is 32.0 Å². The molecule has 0 aromatic heterocycles. The number of hydrogen-bond acceptors (Lipinski definition) is 3. The van der Waals surface area contributed by atoms with Crippen molar-refractivity contribution in [2.24, 2.45) is 0 Å². The minimum Gasteiger partial charge on any atom is -0.478 e. The Hall–Kier alpha value is -1.55. The van der Waals surface area contributed by atoms with Gasteiger partial charge in [0.05, 0.1) is 11.3 Å². The topological polar surface area (TPSA) is 52.6 Å². The largest absolute Gasteiger partial charge is 0.478 e. The number of benzene rings is 1. The van der Waals surface area contributed by atoms with Gasteiger partial charge >= 0.3 is 5.97 Å². The summed E-state index contributed by atoms with van der Waals surface area (Å²) < 4.78 is 0. The molecule has 1 aliphatic heterocycles. The molecule has 1 radical (unpaired) electrons. The molecule has 1 aliphatic rings. The number of likely N-dealkylation sites (tertiary alicyclic amines) is 1. The number of carboxylic acids is 1. The van der Waals surface area contributed by atoms with E-state index in [0.29, 0.717) is 5.69 Å². The van der Waals surface area contributed by atoms with Crippen LogP contribution in [-0.2, 0) is 0 Å². The number of nitrogens with zero attached hydrogens (tertiary/aromatic N) is 1. The second kappa shape index (κ2) is 6.40. The van der Waals surface area contributed by atoms with E-state index < -0.39 is 5.97 Å². The van der Waals surface area contributed by atoms with Gasteiger partial charge in [0.2, 0.25) is 0 Å². The first-order valence-corrected chi connectivity index (χ1v) is 6.47. The summed E-state index contributed by atoms with van der Waals surface area (Å²) in [5, 5.41) is 12.2. The molecular formula is C14H19N2O2. The van der Waals surface area contributed by atoms with Crippen LogP contribution in [0.1, 0.15) is 29.6 Å². The molecule has 0 aliphatic carbocycles. The van der Waals surface area contributed by atoms with E-state index in [2.05, 4.69) is 16.3 Å². The molecule has 1 aromatic rings. The predicted octanol–water partition coefficient (Wildman–Crippen LogP) is 2.08. The molecule has 0 amide bonds. The number of piperidine rings is 1. The molecule has 1 aromatic carbocycles. The Balaban J connectivity index is 1.84. The molecule has 2 N–H and O–H groups in total. The molecule has 18 heavy (non-hydrogen) atoms. The van der Waals surface area contributed by atoms with E-state index in [1.54, 1.807) is 18.2 Å². The van der Waals surface area contributed by atoms with Gasteiger partial charge < -0.3 is 15.3 Å². The van der Waals surface area contributed by atoms with E-state index in [4.69, 9.17) is 5.11 Å². The Labute approximate surface area is 108 Å². The van der Waals surface area contributed by atoms with Crippen molar-refractivity contribution >= 4 is 11.7 Å². The molecule has 0 bridgehead atoms. The first kappa shape index (κ1) is 12.9. The zero-order valence-corrected chi connectivity index (χ0v) is 10.5. The summed E-state index contributed by atoms with van der Waals surface area (Å²) in [4.78, 5) is 13.4. The Kier molecular flexibility index (Phi) is 4.59. The van der Waals surface area contributed by atoms with Gasteiger partial charge in [-0.15, -0.1) is 0 Å². The first-order valence-electron chi connectivity index (χ1n) is 6.47. The predicted molar refractivity (Wildman–Crippen MR) is 71.0 cm³/mol. The number of anilines is 1. The maximum atomic E-state index is 11.0. The maximum Gasteiger partial charge on any atom is 0.337 e. The lowest BCUT2D eigenvalue weighted by Gasteiger charge is -2.26. The van der Waals surface area contributed by atoms with Crippen LogP contribution in [0.5, 0.6) is 0 Å². The van der Waals surface area contributed by atoms with Crippen molar-refractivity contribution in [2.45, 2.75) is 19.3 Å². The van der Waals surface area contributed by atoms with E-state index in [1.807, 2.05) is 0 Å².